The summed E-state index contributed by atoms with van der Waals surface area (Å²) in [5, 5.41) is 8.29. The third-order valence-corrected chi connectivity index (χ3v) is 3.60. The van der Waals surface area contributed by atoms with Crippen molar-refractivity contribution < 1.29 is 4.79 Å². The van der Waals surface area contributed by atoms with Crippen LogP contribution in [0.2, 0.25) is 0 Å². The van der Waals surface area contributed by atoms with Crippen molar-refractivity contribution in [2.45, 2.75) is 39.8 Å². The lowest BCUT2D eigenvalue weighted by molar-refractivity contribution is -0.123. The van der Waals surface area contributed by atoms with Gasteiger partial charge in [0.25, 0.3) is 0 Å². The molecule has 2 atom stereocenters. The van der Waals surface area contributed by atoms with Gasteiger partial charge in [-0.1, -0.05) is 19.9 Å². The van der Waals surface area contributed by atoms with Gasteiger partial charge in [-0.25, -0.2) is 0 Å². The van der Waals surface area contributed by atoms with Crippen molar-refractivity contribution in [2.75, 3.05) is 6.54 Å². The molecule has 1 aromatic rings. The molecule has 1 heterocycles. The molecular weight excluding hydrogens is 232 g/mol. The van der Waals surface area contributed by atoms with Crippen molar-refractivity contribution in [2.24, 2.45) is 5.92 Å². The van der Waals surface area contributed by atoms with Crippen LogP contribution in [0.5, 0.6) is 0 Å². The summed E-state index contributed by atoms with van der Waals surface area (Å²) >= 11 is 1.71. The number of carbonyl (C=O) groups excluding carboxylic acids is 1. The van der Waals surface area contributed by atoms with Crippen molar-refractivity contribution in [3.05, 3.63) is 22.4 Å². The van der Waals surface area contributed by atoms with Crippen LogP contribution >= 0.6 is 11.3 Å². The topological polar surface area (TPSA) is 41.1 Å². The van der Waals surface area contributed by atoms with E-state index in [-0.39, 0.29) is 18.0 Å². The number of thiophene rings is 1. The van der Waals surface area contributed by atoms with E-state index in [9.17, 15) is 4.79 Å². The first-order valence-corrected chi connectivity index (χ1v) is 6.95. The first-order chi connectivity index (χ1) is 8.00. The third-order valence-electron chi connectivity index (χ3n) is 2.55. The number of carbonyl (C=O) groups is 1. The lowest BCUT2D eigenvalue weighted by Crippen LogP contribution is -2.44. The smallest absolute Gasteiger partial charge is 0.236 e. The molecule has 0 saturated carbocycles. The molecule has 0 saturated heterocycles. The first-order valence-electron chi connectivity index (χ1n) is 6.08. The number of hydrogen-bond acceptors (Lipinski definition) is 3. The Hall–Kier alpha value is -0.870. The van der Waals surface area contributed by atoms with Crippen LogP contribution in [0.25, 0.3) is 0 Å². The zero-order valence-electron chi connectivity index (χ0n) is 11.0. The third kappa shape index (κ3) is 4.88. The second-order valence-corrected chi connectivity index (χ2v) is 5.74. The Balaban J connectivity index is 2.38. The lowest BCUT2D eigenvalue weighted by Gasteiger charge is -2.19. The molecule has 0 aliphatic rings. The van der Waals surface area contributed by atoms with E-state index in [0.717, 1.165) is 6.54 Å². The van der Waals surface area contributed by atoms with Crippen molar-refractivity contribution in [1.82, 2.24) is 10.6 Å². The Labute approximate surface area is 108 Å². The highest BCUT2D eigenvalue weighted by atomic mass is 32.1. The quantitative estimate of drug-likeness (QED) is 0.819. The molecule has 0 bridgehead atoms. The van der Waals surface area contributed by atoms with Crippen LogP contribution in [0.3, 0.4) is 0 Å². The minimum absolute atomic E-state index is 0.0714. The van der Waals surface area contributed by atoms with Crippen LogP contribution in [0.15, 0.2) is 17.5 Å². The minimum Gasteiger partial charge on any atom is -0.354 e. The standard InChI is InChI=1S/C13H22N2OS/c1-9(2)8-14-13(16)11(4)15-10(3)12-6-5-7-17-12/h5-7,9-11,15H,8H2,1-4H3,(H,14,16)/t10-,11?/m0/s1. The van der Waals surface area contributed by atoms with Crippen LogP contribution in [-0.4, -0.2) is 18.5 Å². The van der Waals surface area contributed by atoms with Crippen LogP contribution in [0.1, 0.15) is 38.6 Å². The van der Waals surface area contributed by atoms with E-state index in [1.54, 1.807) is 11.3 Å². The zero-order valence-corrected chi connectivity index (χ0v) is 11.8. The molecule has 1 amide bonds. The van der Waals surface area contributed by atoms with E-state index in [0.29, 0.717) is 5.92 Å². The molecule has 0 aromatic carbocycles. The maximum absolute atomic E-state index is 11.8. The Kier molecular flexibility index (Phi) is 5.65. The molecule has 0 aliphatic carbocycles. The van der Waals surface area contributed by atoms with Gasteiger partial charge in [0.15, 0.2) is 0 Å². The maximum Gasteiger partial charge on any atom is 0.236 e. The van der Waals surface area contributed by atoms with Gasteiger partial charge < -0.3 is 5.32 Å². The van der Waals surface area contributed by atoms with Crippen LogP contribution in [0, 0.1) is 5.92 Å². The fraction of sp³-hybridized carbons (Fsp3) is 0.615. The lowest BCUT2D eigenvalue weighted by atomic mass is 10.2. The predicted octanol–water partition coefficient (Wildman–Crippen LogP) is 2.56. The highest BCUT2D eigenvalue weighted by molar-refractivity contribution is 7.10. The van der Waals surface area contributed by atoms with Gasteiger partial charge in [-0.15, -0.1) is 11.3 Å². The molecule has 3 nitrogen and oxygen atoms in total. The summed E-state index contributed by atoms with van der Waals surface area (Å²) in [4.78, 5) is 13.0. The second kappa shape index (κ2) is 6.77. The molecule has 0 spiro atoms. The fourth-order valence-electron chi connectivity index (χ4n) is 1.53. The molecule has 4 heteroatoms. The number of amides is 1. The fourth-order valence-corrected chi connectivity index (χ4v) is 2.27. The van der Waals surface area contributed by atoms with E-state index >= 15 is 0 Å². The normalized spacial score (nSPS) is 14.6. The summed E-state index contributed by atoms with van der Waals surface area (Å²) in [5.74, 6) is 0.558. The second-order valence-electron chi connectivity index (χ2n) is 4.76. The molecule has 0 fully saturated rings. The summed E-state index contributed by atoms with van der Waals surface area (Å²) in [7, 11) is 0. The average molecular weight is 254 g/mol. The molecule has 0 radical (unpaired) electrons. The van der Waals surface area contributed by atoms with Gasteiger partial charge in [-0.2, -0.15) is 0 Å². The van der Waals surface area contributed by atoms with Crippen molar-refractivity contribution in [1.29, 1.82) is 0 Å². The molecule has 17 heavy (non-hydrogen) atoms. The predicted molar refractivity (Wildman–Crippen MR) is 73.2 cm³/mol. The van der Waals surface area contributed by atoms with E-state index in [2.05, 4.69) is 42.9 Å². The van der Waals surface area contributed by atoms with Crippen LogP contribution in [-0.2, 0) is 4.79 Å². The number of rotatable bonds is 6. The summed E-state index contributed by atoms with van der Waals surface area (Å²) in [6, 6.07) is 4.17. The first kappa shape index (κ1) is 14.2. The van der Waals surface area contributed by atoms with Gasteiger partial charge in [-0.3, -0.25) is 10.1 Å². The summed E-state index contributed by atoms with van der Waals surface area (Å²) < 4.78 is 0. The largest absolute Gasteiger partial charge is 0.354 e. The average Bonchev–Trinajstić information content (AvgIpc) is 2.78. The van der Waals surface area contributed by atoms with Gasteiger partial charge in [0.05, 0.1) is 6.04 Å². The van der Waals surface area contributed by atoms with E-state index < -0.39 is 0 Å². The summed E-state index contributed by atoms with van der Waals surface area (Å²) in [5.41, 5.74) is 0. The Bertz CT molecular complexity index is 335. The Morgan fingerprint density at radius 2 is 2.06 bits per heavy atom. The monoisotopic (exact) mass is 254 g/mol. The SMILES string of the molecule is CC(C)CNC(=O)C(C)N[C@@H](C)c1cccs1. The minimum atomic E-state index is -0.161. The molecule has 2 N–H and O–H groups in total. The highest BCUT2D eigenvalue weighted by Crippen LogP contribution is 2.18. The van der Waals surface area contributed by atoms with Gasteiger partial charge >= 0.3 is 0 Å². The molecule has 1 unspecified atom stereocenters. The summed E-state index contributed by atoms with van der Waals surface area (Å²) in [6.07, 6.45) is 0. The van der Waals surface area contributed by atoms with E-state index in [4.69, 9.17) is 0 Å². The zero-order chi connectivity index (χ0) is 12.8. The van der Waals surface area contributed by atoms with Gasteiger partial charge in [-0.05, 0) is 31.2 Å². The molecule has 1 rings (SSSR count). The highest BCUT2D eigenvalue weighted by Gasteiger charge is 2.16. The van der Waals surface area contributed by atoms with Gasteiger partial charge in [0.1, 0.15) is 0 Å². The van der Waals surface area contributed by atoms with Crippen molar-refractivity contribution in [3.63, 3.8) is 0 Å². The molecule has 1 aromatic heterocycles. The van der Waals surface area contributed by atoms with Gasteiger partial charge in [0, 0.05) is 17.5 Å². The Morgan fingerprint density at radius 1 is 1.35 bits per heavy atom. The molecular formula is C13H22N2OS. The summed E-state index contributed by atoms with van der Waals surface area (Å²) in [6.45, 7) is 8.90. The Morgan fingerprint density at radius 3 is 2.59 bits per heavy atom. The van der Waals surface area contributed by atoms with Crippen LogP contribution < -0.4 is 10.6 Å². The van der Waals surface area contributed by atoms with Crippen molar-refractivity contribution in [3.8, 4) is 0 Å². The molecule has 0 aliphatic heterocycles. The maximum atomic E-state index is 11.8. The molecule has 96 valence electrons. The van der Waals surface area contributed by atoms with Gasteiger partial charge in [0.2, 0.25) is 5.91 Å². The van der Waals surface area contributed by atoms with Crippen LogP contribution in [0.4, 0.5) is 0 Å². The van der Waals surface area contributed by atoms with E-state index in [1.807, 2.05) is 13.0 Å². The van der Waals surface area contributed by atoms with Crippen molar-refractivity contribution >= 4 is 17.2 Å². The number of hydrogen-bond donors (Lipinski definition) is 2. The van der Waals surface area contributed by atoms with E-state index in [1.165, 1.54) is 4.88 Å². The number of nitrogens with one attached hydrogen (secondary N) is 2.